The van der Waals surface area contributed by atoms with Crippen LogP contribution in [0.4, 0.5) is 11.4 Å². The summed E-state index contributed by atoms with van der Waals surface area (Å²) in [4.78, 5) is 12.6. The summed E-state index contributed by atoms with van der Waals surface area (Å²) in [6.07, 6.45) is 1.13. The number of nitrogens with one attached hydrogen (secondary N) is 1. The third-order valence-corrected chi connectivity index (χ3v) is 7.34. The highest BCUT2D eigenvalue weighted by Crippen LogP contribution is 2.30. The number of rotatable bonds is 5. The zero-order valence-corrected chi connectivity index (χ0v) is 15.3. The molecule has 1 aromatic carbocycles. The fraction of sp³-hybridized carbons (Fsp3) is 0.312. The van der Waals surface area contributed by atoms with E-state index in [1.54, 1.807) is 35.7 Å². The van der Waals surface area contributed by atoms with E-state index < -0.39 is 16.1 Å². The average Bonchev–Trinajstić information content (AvgIpc) is 3.27. The molecule has 1 aliphatic rings. The van der Waals surface area contributed by atoms with Crippen molar-refractivity contribution < 1.29 is 17.9 Å². The van der Waals surface area contributed by atoms with Gasteiger partial charge in [-0.05, 0) is 42.5 Å². The quantitative estimate of drug-likeness (QED) is 0.773. The monoisotopic (exact) mass is 381 g/mol. The van der Waals surface area contributed by atoms with Gasteiger partial charge in [0, 0.05) is 12.2 Å². The van der Waals surface area contributed by atoms with Gasteiger partial charge in [-0.3, -0.25) is 4.79 Å². The zero-order valence-electron chi connectivity index (χ0n) is 13.6. The molecule has 0 bridgehead atoms. The number of benzene rings is 1. The molecule has 1 fully saturated rings. The van der Waals surface area contributed by atoms with Crippen molar-refractivity contribution in [2.75, 3.05) is 24.7 Å². The van der Waals surface area contributed by atoms with Gasteiger partial charge in [-0.15, -0.1) is 11.3 Å². The topological polar surface area (TPSA) is 102 Å². The van der Waals surface area contributed by atoms with Gasteiger partial charge >= 0.3 is 0 Å². The SMILES string of the molecule is COc1ccc(NC(=O)C2CCCN2S(=O)(=O)c2cccs2)cc1N. The van der Waals surface area contributed by atoms with E-state index in [1.165, 1.54) is 11.4 Å². The second kappa shape index (κ2) is 7.03. The van der Waals surface area contributed by atoms with Crippen molar-refractivity contribution in [2.24, 2.45) is 0 Å². The standard InChI is InChI=1S/C16H19N3O4S2/c1-23-14-7-6-11(10-12(14)17)18-16(20)13-4-2-8-19(13)25(21,22)15-5-3-9-24-15/h3,5-7,9-10,13H,2,4,8,17H2,1H3,(H,18,20). The molecule has 3 rings (SSSR count). The van der Waals surface area contributed by atoms with Gasteiger partial charge in [0.25, 0.3) is 10.0 Å². The minimum atomic E-state index is -3.65. The van der Waals surface area contributed by atoms with Gasteiger partial charge < -0.3 is 15.8 Å². The number of thiophene rings is 1. The molecule has 1 amide bonds. The van der Waals surface area contributed by atoms with Crippen molar-refractivity contribution in [3.63, 3.8) is 0 Å². The summed E-state index contributed by atoms with van der Waals surface area (Å²) in [5.41, 5.74) is 6.74. The van der Waals surface area contributed by atoms with Gasteiger partial charge in [-0.25, -0.2) is 8.42 Å². The molecule has 0 radical (unpaired) electrons. The van der Waals surface area contributed by atoms with Gasteiger partial charge in [0.1, 0.15) is 16.0 Å². The maximum absolute atomic E-state index is 12.7. The highest BCUT2D eigenvalue weighted by Gasteiger charge is 2.39. The largest absolute Gasteiger partial charge is 0.495 e. The molecular weight excluding hydrogens is 362 g/mol. The number of anilines is 2. The van der Waals surface area contributed by atoms with Crippen LogP contribution in [0, 0.1) is 0 Å². The van der Waals surface area contributed by atoms with E-state index in [4.69, 9.17) is 10.5 Å². The Kier molecular flexibility index (Phi) is 4.98. The molecule has 1 atom stereocenters. The zero-order chi connectivity index (χ0) is 18.0. The van der Waals surface area contributed by atoms with Crippen LogP contribution in [-0.2, 0) is 14.8 Å². The first-order valence-electron chi connectivity index (χ1n) is 7.73. The second-order valence-electron chi connectivity index (χ2n) is 5.65. The van der Waals surface area contributed by atoms with Crippen molar-refractivity contribution in [1.82, 2.24) is 4.31 Å². The predicted molar refractivity (Wildman–Crippen MR) is 97.3 cm³/mol. The van der Waals surface area contributed by atoms with E-state index in [2.05, 4.69) is 5.32 Å². The summed E-state index contributed by atoms with van der Waals surface area (Å²) in [5.74, 6) is 0.156. The number of ether oxygens (including phenoxy) is 1. The van der Waals surface area contributed by atoms with Gasteiger partial charge in [0.15, 0.2) is 0 Å². The predicted octanol–water partition coefficient (Wildman–Crippen LogP) is 2.13. The third kappa shape index (κ3) is 3.48. The number of hydrogen-bond acceptors (Lipinski definition) is 6. The lowest BCUT2D eigenvalue weighted by Crippen LogP contribution is -2.42. The number of nitrogens with two attached hydrogens (primary N) is 1. The number of carbonyl (C=O) groups excluding carboxylic acids is 1. The summed E-state index contributed by atoms with van der Waals surface area (Å²) < 4.78 is 32.1. The van der Waals surface area contributed by atoms with Crippen LogP contribution in [0.15, 0.2) is 39.9 Å². The van der Waals surface area contributed by atoms with E-state index in [0.717, 1.165) is 11.3 Å². The molecule has 134 valence electrons. The van der Waals surface area contributed by atoms with Crippen molar-refractivity contribution >= 4 is 38.6 Å². The Morgan fingerprint density at radius 1 is 1.40 bits per heavy atom. The lowest BCUT2D eigenvalue weighted by Gasteiger charge is -2.22. The average molecular weight is 381 g/mol. The third-order valence-electron chi connectivity index (χ3n) is 4.06. The molecule has 0 aliphatic carbocycles. The molecule has 0 spiro atoms. The molecule has 9 heteroatoms. The Bertz CT molecular complexity index is 866. The number of carbonyl (C=O) groups is 1. The first-order valence-corrected chi connectivity index (χ1v) is 10.0. The van der Waals surface area contributed by atoms with E-state index in [-0.39, 0.29) is 10.1 Å². The Morgan fingerprint density at radius 2 is 2.20 bits per heavy atom. The van der Waals surface area contributed by atoms with Crippen LogP contribution < -0.4 is 15.8 Å². The molecule has 7 nitrogen and oxygen atoms in total. The van der Waals surface area contributed by atoms with Crippen molar-refractivity contribution in [2.45, 2.75) is 23.1 Å². The second-order valence-corrected chi connectivity index (χ2v) is 8.72. The molecule has 1 unspecified atom stereocenters. The maximum Gasteiger partial charge on any atom is 0.253 e. The Morgan fingerprint density at radius 3 is 2.84 bits per heavy atom. The summed E-state index contributed by atoms with van der Waals surface area (Å²) in [5, 5.41) is 4.45. The van der Waals surface area contributed by atoms with Crippen LogP contribution in [0.3, 0.4) is 0 Å². The van der Waals surface area contributed by atoms with Gasteiger partial charge in [-0.2, -0.15) is 4.31 Å². The number of nitrogen functional groups attached to an aromatic ring is 1. The van der Waals surface area contributed by atoms with E-state index in [9.17, 15) is 13.2 Å². The van der Waals surface area contributed by atoms with Crippen LogP contribution >= 0.6 is 11.3 Å². The first kappa shape index (κ1) is 17.7. The lowest BCUT2D eigenvalue weighted by atomic mass is 10.2. The lowest BCUT2D eigenvalue weighted by molar-refractivity contribution is -0.119. The van der Waals surface area contributed by atoms with Crippen LogP contribution in [0.2, 0.25) is 0 Å². The van der Waals surface area contributed by atoms with Gasteiger partial charge in [0.05, 0.1) is 12.8 Å². The highest BCUT2D eigenvalue weighted by atomic mass is 32.2. The fourth-order valence-electron chi connectivity index (χ4n) is 2.85. The molecule has 0 saturated carbocycles. The van der Waals surface area contributed by atoms with Crippen LogP contribution in [0.1, 0.15) is 12.8 Å². The van der Waals surface area contributed by atoms with E-state index >= 15 is 0 Å². The minimum Gasteiger partial charge on any atom is -0.495 e. The fourth-order valence-corrected chi connectivity index (χ4v) is 5.63. The smallest absolute Gasteiger partial charge is 0.253 e. The molecular formula is C16H19N3O4S2. The minimum absolute atomic E-state index is 0.251. The van der Waals surface area contributed by atoms with Crippen molar-refractivity contribution in [3.8, 4) is 5.75 Å². The number of methoxy groups -OCH3 is 1. The number of nitrogens with zero attached hydrogens (tertiary/aromatic N) is 1. The van der Waals surface area contributed by atoms with Gasteiger partial charge in [0.2, 0.25) is 5.91 Å². The van der Waals surface area contributed by atoms with Gasteiger partial charge in [-0.1, -0.05) is 6.07 Å². The Labute approximate surface area is 150 Å². The normalized spacial score (nSPS) is 18.2. The van der Waals surface area contributed by atoms with Crippen LogP contribution in [-0.4, -0.2) is 38.3 Å². The molecule has 2 heterocycles. The number of sulfonamides is 1. The van der Waals surface area contributed by atoms with Crippen molar-refractivity contribution in [3.05, 3.63) is 35.7 Å². The number of amides is 1. The highest BCUT2D eigenvalue weighted by molar-refractivity contribution is 7.91. The summed E-state index contributed by atoms with van der Waals surface area (Å²) in [7, 11) is -2.14. The molecule has 1 aromatic heterocycles. The molecule has 2 aromatic rings. The maximum atomic E-state index is 12.7. The number of hydrogen-bond donors (Lipinski definition) is 2. The molecule has 3 N–H and O–H groups in total. The van der Waals surface area contributed by atoms with Crippen LogP contribution in [0.5, 0.6) is 5.75 Å². The molecule has 1 saturated heterocycles. The first-order chi connectivity index (χ1) is 11.9. The van der Waals surface area contributed by atoms with E-state index in [0.29, 0.717) is 36.5 Å². The van der Waals surface area contributed by atoms with Crippen LogP contribution in [0.25, 0.3) is 0 Å². The molecule has 1 aliphatic heterocycles. The Balaban J connectivity index is 1.78. The Hall–Kier alpha value is -2.10. The summed E-state index contributed by atoms with van der Waals surface area (Å²) in [6.45, 7) is 0.336. The molecule has 25 heavy (non-hydrogen) atoms. The van der Waals surface area contributed by atoms with E-state index in [1.807, 2.05) is 0 Å². The summed E-state index contributed by atoms with van der Waals surface area (Å²) >= 11 is 1.15. The summed E-state index contributed by atoms with van der Waals surface area (Å²) in [6, 6.07) is 7.42. The van der Waals surface area contributed by atoms with Crippen molar-refractivity contribution in [1.29, 1.82) is 0 Å².